The average molecular weight is 404 g/mol. The van der Waals surface area contributed by atoms with Crippen LogP contribution < -0.4 is 5.32 Å². The van der Waals surface area contributed by atoms with Gasteiger partial charge in [-0.25, -0.2) is 4.98 Å². The molecule has 3 aromatic rings. The summed E-state index contributed by atoms with van der Waals surface area (Å²) < 4.78 is 1.98. The summed E-state index contributed by atoms with van der Waals surface area (Å²) in [4.78, 5) is 40.8. The van der Waals surface area contributed by atoms with Crippen LogP contribution in [0.2, 0.25) is 0 Å². The van der Waals surface area contributed by atoms with Crippen LogP contribution in [0.1, 0.15) is 53.2 Å². The molecule has 8 nitrogen and oxygen atoms in total. The highest BCUT2D eigenvalue weighted by atomic mass is 16.2. The first-order valence-electron chi connectivity index (χ1n) is 9.99. The van der Waals surface area contributed by atoms with Crippen molar-refractivity contribution in [3.05, 3.63) is 77.9 Å². The number of pyridine rings is 2. The molecule has 1 aliphatic heterocycles. The van der Waals surface area contributed by atoms with Crippen LogP contribution in [0.25, 0.3) is 0 Å². The number of nitrogens with zero attached hydrogens (tertiary/aromatic N) is 5. The lowest BCUT2D eigenvalue weighted by Crippen LogP contribution is -2.48. The van der Waals surface area contributed by atoms with E-state index in [4.69, 9.17) is 0 Å². The summed E-state index contributed by atoms with van der Waals surface area (Å²) in [6.07, 6.45) is 8.89. The predicted molar refractivity (Wildman–Crippen MR) is 110 cm³/mol. The van der Waals surface area contributed by atoms with Crippen LogP contribution in [0.5, 0.6) is 0 Å². The minimum Gasteiger partial charge on any atom is -0.350 e. The highest BCUT2D eigenvalue weighted by Gasteiger charge is 2.39. The second kappa shape index (κ2) is 8.44. The third-order valence-electron chi connectivity index (χ3n) is 5.26. The van der Waals surface area contributed by atoms with Gasteiger partial charge in [-0.2, -0.15) is 0 Å². The fourth-order valence-corrected chi connectivity index (χ4v) is 3.74. The maximum absolute atomic E-state index is 13.4. The van der Waals surface area contributed by atoms with Gasteiger partial charge in [0.1, 0.15) is 0 Å². The molecular formula is C22H24N6O2. The maximum Gasteiger partial charge on any atom is 0.256 e. The lowest BCUT2D eigenvalue weighted by molar-refractivity contribution is -0.126. The molecule has 4 heterocycles. The zero-order chi connectivity index (χ0) is 21.1. The van der Waals surface area contributed by atoms with Gasteiger partial charge in [0.25, 0.3) is 5.91 Å². The Kier molecular flexibility index (Phi) is 5.56. The van der Waals surface area contributed by atoms with Gasteiger partial charge in [-0.3, -0.25) is 19.6 Å². The Bertz CT molecular complexity index is 1030. The molecule has 2 amide bonds. The van der Waals surface area contributed by atoms with E-state index in [0.29, 0.717) is 25.1 Å². The first kappa shape index (κ1) is 19.8. The van der Waals surface area contributed by atoms with Crippen molar-refractivity contribution in [3.8, 4) is 0 Å². The van der Waals surface area contributed by atoms with Gasteiger partial charge in [0.05, 0.1) is 23.3 Å². The van der Waals surface area contributed by atoms with E-state index < -0.39 is 6.04 Å². The summed E-state index contributed by atoms with van der Waals surface area (Å²) in [6.45, 7) is 4.85. The Morgan fingerprint density at radius 1 is 1.17 bits per heavy atom. The normalized spacial score (nSPS) is 15.7. The number of imidazole rings is 1. The third-order valence-corrected chi connectivity index (χ3v) is 5.26. The molecule has 154 valence electrons. The van der Waals surface area contributed by atoms with E-state index in [2.05, 4.69) is 20.3 Å². The Balaban J connectivity index is 1.68. The van der Waals surface area contributed by atoms with Gasteiger partial charge in [0.15, 0.2) is 6.04 Å². The molecule has 0 bridgehead atoms. The molecule has 1 aliphatic rings. The molecule has 0 fully saturated rings. The average Bonchev–Trinajstić information content (AvgIpc) is 3.22. The van der Waals surface area contributed by atoms with Crippen LogP contribution in [0.3, 0.4) is 0 Å². The summed E-state index contributed by atoms with van der Waals surface area (Å²) in [6, 6.07) is 6.50. The van der Waals surface area contributed by atoms with Gasteiger partial charge in [-0.15, -0.1) is 0 Å². The molecule has 3 aromatic heterocycles. The fourth-order valence-electron chi connectivity index (χ4n) is 3.74. The van der Waals surface area contributed by atoms with Gasteiger partial charge in [-0.1, -0.05) is 0 Å². The molecule has 0 aromatic carbocycles. The molecule has 8 heteroatoms. The summed E-state index contributed by atoms with van der Waals surface area (Å²) in [7, 11) is 0. The minimum atomic E-state index is -0.756. The van der Waals surface area contributed by atoms with Crippen LogP contribution in [-0.4, -0.2) is 42.8 Å². The smallest absolute Gasteiger partial charge is 0.256 e. The lowest BCUT2D eigenvalue weighted by atomic mass is 9.99. The molecule has 0 saturated carbocycles. The monoisotopic (exact) mass is 404 g/mol. The van der Waals surface area contributed by atoms with Crippen molar-refractivity contribution in [1.29, 1.82) is 0 Å². The topological polar surface area (TPSA) is 93.0 Å². The van der Waals surface area contributed by atoms with E-state index in [9.17, 15) is 9.59 Å². The molecule has 30 heavy (non-hydrogen) atoms. The summed E-state index contributed by atoms with van der Waals surface area (Å²) >= 11 is 0. The molecule has 4 rings (SSSR count). The highest BCUT2D eigenvalue weighted by Crippen LogP contribution is 2.32. The van der Waals surface area contributed by atoms with E-state index in [-0.39, 0.29) is 17.9 Å². The lowest BCUT2D eigenvalue weighted by Gasteiger charge is -2.36. The molecule has 0 aliphatic carbocycles. The van der Waals surface area contributed by atoms with Gasteiger partial charge in [-0.05, 0) is 43.7 Å². The fraction of sp³-hybridized carbons (Fsp3) is 0.318. The van der Waals surface area contributed by atoms with Gasteiger partial charge in [0.2, 0.25) is 5.91 Å². The van der Waals surface area contributed by atoms with Crippen LogP contribution >= 0.6 is 0 Å². The van der Waals surface area contributed by atoms with Crippen molar-refractivity contribution < 1.29 is 9.59 Å². The SMILES string of the molecule is CC(C)n1cnc2c1[C@H](C(=O)NCc1ccncc1)N(C(=O)c1cccnc1)CC2. The van der Waals surface area contributed by atoms with Crippen molar-refractivity contribution in [2.45, 2.75) is 38.9 Å². The van der Waals surface area contributed by atoms with E-state index >= 15 is 0 Å². The van der Waals surface area contributed by atoms with Crippen LogP contribution in [-0.2, 0) is 17.8 Å². The number of hydrogen-bond acceptors (Lipinski definition) is 5. The molecule has 0 saturated heterocycles. The number of amides is 2. The number of aromatic nitrogens is 4. The number of carbonyl (C=O) groups excluding carboxylic acids is 2. The Morgan fingerprint density at radius 2 is 1.97 bits per heavy atom. The van der Waals surface area contributed by atoms with Gasteiger partial charge in [0, 0.05) is 50.3 Å². The van der Waals surface area contributed by atoms with Crippen LogP contribution in [0.15, 0.2) is 55.4 Å². The number of carbonyl (C=O) groups is 2. The molecule has 1 N–H and O–H groups in total. The number of rotatable bonds is 5. The molecule has 0 radical (unpaired) electrons. The van der Waals surface area contributed by atoms with Crippen molar-refractivity contribution in [3.63, 3.8) is 0 Å². The van der Waals surface area contributed by atoms with Crippen molar-refractivity contribution >= 4 is 11.8 Å². The van der Waals surface area contributed by atoms with E-state index in [1.807, 2.05) is 30.5 Å². The summed E-state index contributed by atoms with van der Waals surface area (Å²) in [5, 5.41) is 2.98. The molecule has 0 spiro atoms. The van der Waals surface area contributed by atoms with E-state index in [0.717, 1.165) is 17.0 Å². The molecule has 1 atom stereocenters. The second-order valence-electron chi connectivity index (χ2n) is 7.54. The zero-order valence-electron chi connectivity index (χ0n) is 17.0. The predicted octanol–water partition coefficient (Wildman–Crippen LogP) is 2.31. The highest BCUT2D eigenvalue weighted by molar-refractivity contribution is 5.98. The Morgan fingerprint density at radius 3 is 2.67 bits per heavy atom. The Labute approximate surface area is 175 Å². The van der Waals surface area contributed by atoms with Gasteiger partial charge < -0.3 is 14.8 Å². The quantitative estimate of drug-likeness (QED) is 0.704. The second-order valence-corrected chi connectivity index (χ2v) is 7.54. The van der Waals surface area contributed by atoms with Crippen molar-refractivity contribution in [1.82, 2.24) is 29.7 Å². The largest absolute Gasteiger partial charge is 0.350 e. The first-order valence-corrected chi connectivity index (χ1v) is 9.99. The van der Waals surface area contributed by atoms with Gasteiger partial charge >= 0.3 is 0 Å². The number of hydrogen-bond donors (Lipinski definition) is 1. The van der Waals surface area contributed by atoms with E-state index in [1.165, 1.54) is 6.20 Å². The minimum absolute atomic E-state index is 0.116. The summed E-state index contributed by atoms with van der Waals surface area (Å²) in [5.41, 5.74) is 3.05. The van der Waals surface area contributed by atoms with Crippen LogP contribution in [0, 0.1) is 0 Å². The number of nitrogens with one attached hydrogen (secondary N) is 1. The van der Waals surface area contributed by atoms with Crippen LogP contribution in [0.4, 0.5) is 0 Å². The molecule has 0 unspecified atom stereocenters. The third kappa shape index (κ3) is 3.80. The number of fused-ring (bicyclic) bond motifs is 1. The zero-order valence-corrected chi connectivity index (χ0v) is 17.0. The first-order chi connectivity index (χ1) is 14.6. The molecular weight excluding hydrogens is 380 g/mol. The van der Waals surface area contributed by atoms with Crippen molar-refractivity contribution in [2.24, 2.45) is 0 Å². The Hall–Kier alpha value is -3.55. The van der Waals surface area contributed by atoms with Crippen molar-refractivity contribution in [2.75, 3.05) is 6.54 Å². The standard InChI is InChI=1S/C22H24N6O2/c1-15(2)28-14-26-18-7-11-27(22(30)17-4-3-8-24-13-17)20(19(18)28)21(29)25-12-16-5-9-23-10-6-16/h3-6,8-10,13-15,20H,7,11-12H2,1-2H3,(H,25,29)/t20-/m1/s1. The van der Waals surface area contributed by atoms with E-state index in [1.54, 1.807) is 42.0 Å². The summed E-state index contributed by atoms with van der Waals surface area (Å²) in [5.74, 6) is -0.443. The maximum atomic E-state index is 13.4.